The van der Waals surface area contributed by atoms with E-state index in [0.717, 1.165) is 6.92 Å². The third-order valence-electron chi connectivity index (χ3n) is 2.83. The molecule has 0 aromatic carbocycles. The third-order valence-corrected chi connectivity index (χ3v) is 2.83. The molecular formula is C12H17F3N4O. The fraction of sp³-hybridized carbons (Fsp3) is 0.583. The van der Waals surface area contributed by atoms with Gasteiger partial charge in [0.25, 0.3) is 0 Å². The van der Waals surface area contributed by atoms with Gasteiger partial charge < -0.3 is 10.5 Å². The van der Waals surface area contributed by atoms with Gasteiger partial charge in [-0.15, -0.1) is 5.10 Å². The molecule has 8 heteroatoms. The van der Waals surface area contributed by atoms with Crippen molar-refractivity contribution in [2.24, 2.45) is 5.73 Å². The van der Waals surface area contributed by atoms with E-state index >= 15 is 0 Å². The van der Waals surface area contributed by atoms with Gasteiger partial charge in [0.2, 0.25) is 5.88 Å². The Morgan fingerprint density at radius 3 is 2.30 bits per heavy atom. The highest BCUT2D eigenvalue weighted by Crippen LogP contribution is 2.28. The second-order valence-corrected chi connectivity index (χ2v) is 4.23. The number of aryl methyl sites for hydroxylation is 1. The molecule has 0 aliphatic carbocycles. The summed E-state index contributed by atoms with van der Waals surface area (Å²) in [6.45, 7) is 4.51. The first-order valence-electron chi connectivity index (χ1n) is 6.18. The lowest BCUT2D eigenvalue weighted by atomic mass is 10.0. The largest absolute Gasteiger partial charge is 0.463 e. The summed E-state index contributed by atoms with van der Waals surface area (Å²) in [6.07, 6.45) is -5.55. The zero-order valence-corrected chi connectivity index (χ0v) is 11.5. The SMILES string of the molecule is CCc1nnc(OC(C)C(F)(F)F)c(C(=N)N)c1CC. The number of amidine groups is 1. The molecule has 0 aliphatic heterocycles. The Labute approximate surface area is 114 Å². The first-order valence-corrected chi connectivity index (χ1v) is 6.18. The summed E-state index contributed by atoms with van der Waals surface area (Å²) >= 11 is 0. The van der Waals surface area contributed by atoms with E-state index in [-0.39, 0.29) is 17.3 Å². The van der Waals surface area contributed by atoms with Gasteiger partial charge in [-0.1, -0.05) is 13.8 Å². The van der Waals surface area contributed by atoms with Crippen molar-refractivity contribution in [1.29, 1.82) is 5.41 Å². The fourth-order valence-corrected chi connectivity index (χ4v) is 1.75. The van der Waals surface area contributed by atoms with Gasteiger partial charge in [0.1, 0.15) is 5.84 Å². The van der Waals surface area contributed by atoms with Crippen LogP contribution < -0.4 is 10.5 Å². The maximum atomic E-state index is 12.5. The quantitative estimate of drug-likeness (QED) is 0.643. The van der Waals surface area contributed by atoms with Gasteiger partial charge in [0, 0.05) is 0 Å². The monoisotopic (exact) mass is 290 g/mol. The molecule has 0 radical (unpaired) electrons. The highest BCUT2D eigenvalue weighted by atomic mass is 19.4. The molecular weight excluding hydrogens is 273 g/mol. The second-order valence-electron chi connectivity index (χ2n) is 4.23. The molecule has 1 aromatic rings. The molecule has 0 aliphatic rings. The van der Waals surface area contributed by atoms with Crippen LogP contribution in [0.1, 0.15) is 37.6 Å². The second kappa shape index (κ2) is 6.06. The number of aromatic nitrogens is 2. The molecule has 112 valence electrons. The van der Waals surface area contributed by atoms with E-state index in [4.69, 9.17) is 15.9 Å². The van der Waals surface area contributed by atoms with Crippen LogP contribution in [0.15, 0.2) is 0 Å². The van der Waals surface area contributed by atoms with E-state index in [2.05, 4.69) is 10.2 Å². The van der Waals surface area contributed by atoms with Crippen LogP contribution >= 0.6 is 0 Å². The molecule has 0 saturated heterocycles. The fourth-order valence-electron chi connectivity index (χ4n) is 1.75. The molecule has 0 amide bonds. The summed E-state index contributed by atoms with van der Waals surface area (Å²) in [4.78, 5) is 0. The normalized spacial score (nSPS) is 13.1. The number of ether oxygens (including phenoxy) is 1. The number of halogens is 3. The van der Waals surface area contributed by atoms with Crippen molar-refractivity contribution in [1.82, 2.24) is 10.2 Å². The molecule has 1 atom stereocenters. The number of hydrogen-bond donors (Lipinski definition) is 2. The Morgan fingerprint density at radius 2 is 1.90 bits per heavy atom. The van der Waals surface area contributed by atoms with Gasteiger partial charge in [-0.3, -0.25) is 5.41 Å². The van der Waals surface area contributed by atoms with E-state index in [1.807, 2.05) is 6.92 Å². The highest BCUT2D eigenvalue weighted by molar-refractivity contribution is 5.98. The first kappa shape index (κ1) is 16.2. The number of nitrogens with two attached hydrogens (primary N) is 1. The minimum Gasteiger partial charge on any atom is -0.463 e. The van der Waals surface area contributed by atoms with Crippen molar-refractivity contribution in [3.63, 3.8) is 0 Å². The van der Waals surface area contributed by atoms with E-state index in [9.17, 15) is 13.2 Å². The Morgan fingerprint density at radius 1 is 1.30 bits per heavy atom. The van der Waals surface area contributed by atoms with E-state index in [1.165, 1.54) is 0 Å². The minimum atomic E-state index is -4.52. The third kappa shape index (κ3) is 3.37. The molecule has 1 unspecified atom stereocenters. The van der Waals surface area contributed by atoms with Gasteiger partial charge in [-0.05, 0) is 25.3 Å². The molecule has 1 heterocycles. The molecule has 20 heavy (non-hydrogen) atoms. The van der Waals surface area contributed by atoms with E-state index in [1.54, 1.807) is 6.92 Å². The smallest absolute Gasteiger partial charge is 0.425 e. The van der Waals surface area contributed by atoms with Crippen molar-refractivity contribution in [2.45, 2.75) is 45.9 Å². The first-order chi connectivity index (χ1) is 9.22. The van der Waals surface area contributed by atoms with Gasteiger partial charge >= 0.3 is 6.18 Å². The predicted molar refractivity (Wildman–Crippen MR) is 67.9 cm³/mol. The number of nitrogens with one attached hydrogen (secondary N) is 1. The number of alkyl halides is 3. The average molecular weight is 290 g/mol. The van der Waals surface area contributed by atoms with Crippen molar-refractivity contribution < 1.29 is 17.9 Å². The molecule has 5 nitrogen and oxygen atoms in total. The van der Waals surface area contributed by atoms with Crippen LogP contribution in [0.2, 0.25) is 0 Å². The minimum absolute atomic E-state index is 0.0930. The number of nitrogens with zero attached hydrogens (tertiary/aromatic N) is 2. The topological polar surface area (TPSA) is 84.9 Å². The summed E-state index contributed by atoms with van der Waals surface area (Å²) < 4.78 is 42.4. The maximum Gasteiger partial charge on any atom is 0.425 e. The Hall–Kier alpha value is -1.86. The molecule has 3 N–H and O–H groups in total. The Bertz CT molecular complexity index is 502. The summed E-state index contributed by atoms with van der Waals surface area (Å²) in [5, 5.41) is 15.0. The maximum absolute atomic E-state index is 12.5. The van der Waals surface area contributed by atoms with Crippen LogP contribution in [0.5, 0.6) is 5.88 Å². The van der Waals surface area contributed by atoms with Gasteiger partial charge in [0.15, 0.2) is 6.10 Å². The van der Waals surface area contributed by atoms with Gasteiger partial charge in [0.05, 0.1) is 11.3 Å². The van der Waals surface area contributed by atoms with Crippen LogP contribution in [-0.2, 0) is 12.8 Å². The lowest BCUT2D eigenvalue weighted by molar-refractivity contribution is -0.190. The van der Waals surface area contributed by atoms with Crippen LogP contribution in [0.25, 0.3) is 0 Å². The van der Waals surface area contributed by atoms with Crippen LogP contribution in [-0.4, -0.2) is 28.3 Å². The summed E-state index contributed by atoms with van der Waals surface area (Å²) in [6, 6.07) is 0. The zero-order chi connectivity index (χ0) is 15.5. The van der Waals surface area contributed by atoms with E-state index in [0.29, 0.717) is 24.1 Å². The van der Waals surface area contributed by atoms with Crippen LogP contribution in [0.3, 0.4) is 0 Å². The standard InChI is InChI=1S/C12H17F3N4O/c1-4-7-8(5-2)18-19-11(9(7)10(16)17)20-6(3)12(13,14)15/h6H,4-5H2,1-3H3,(H3,16,17). The number of hydrogen-bond acceptors (Lipinski definition) is 4. The molecule has 1 rings (SSSR count). The lowest BCUT2D eigenvalue weighted by Crippen LogP contribution is -2.33. The Kier molecular flexibility index (Phi) is 4.91. The molecule has 1 aromatic heterocycles. The molecule has 0 fully saturated rings. The summed E-state index contributed by atoms with van der Waals surface area (Å²) in [7, 11) is 0. The van der Waals surface area contributed by atoms with Crippen molar-refractivity contribution in [2.75, 3.05) is 0 Å². The summed E-state index contributed by atoms with van der Waals surface area (Å²) in [5.74, 6) is -0.729. The number of nitrogen functional groups attached to an aromatic ring is 1. The van der Waals surface area contributed by atoms with Crippen LogP contribution in [0.4, 0.5) is 13.2 Å². The van der Waals surface area contributed by atoms with Crippen LogP contribution in [0, 0.1) is 5.41 Å². The van der Waals surface area contributed by atoms with Gasteiger partial charge in [-0.25, -0.2) is 0 Å². The number of rotatable bonds is 5. The lowest BCUT2D eigenvalue weighted by Gasteiger charge is -2.20. The van der Waals surface area contributed by atoms with Crippen molar-refractivity contribution in [3.8, 4) is 5.88 Å². The average Bonchev–Trinajstić information content (AvgIpc) is 2.36. The predicted octanol–water partition coefficient (Wildman–Crippen LogP) is 2.22. The summed E-state index contributed by atoms with van der Waals surface area (Å²) in [5.41, 5.74) is 6.74. The van der Waals surface area contributed by atoms with Gasteiger partial charge in [-0.2, -0.15) is 18.3 Å². The molecule has 0 saturated carbocycles. The Balaban J connectivity index is 3.30. The zero-order valence-electron chi connectivity index (χ0n) is 11.5. The van der Waals surface area contributed by atoms with E-state index < -0.39 is 12.3 Å². The molecule has 0 bridgehead atoms. The highest BCUT2D eigenvalue weighted by Gasteiger charge is 2.39. The van der Waals surface area contributed by atoms with Crippen molar-refractivity contribution >= 4 is 5.84 Å². The van der Waals surface area contributed by atoms with Crippen molar-refractivity contribution in [3.05, 3.63) is 16.8 Å². The molecule has 0 spiro atoms.